The summed E-state index contributed by atoms with van der Waals surface area (Å²) in [6.07, 6.45) is -0.148. The average molecular weight is 982 g/mol. The van der Waals surface area contributed by atoms with Crippen LogP contribution in [0.5, 0.6) is 17.2 Å². The summed E-state index contributed by atoms with van der Waals surface area (Å²) in [4.78, 5) is 50.5. The zero-order valence-corrected chi connectivity index (χ0v) is 40.2. The number of fused-ring (bicyclic) bond motifs is 2. The first kappa shape index (κ1) is 50.5. The van der Waals surface area contributed by atoms with Crippen LogP contribution in [0.15, 0.2) is 77.1 Å². The molecule has 0 spiro atoms. The van der Waals surface area contributed by atoms with Crippen molar-refractivity contribution in [1.82, 2.24) is 24.5 Å². The van der Waals surface area contributed by atoms with Crippen LogP contribution in [0.3, 0.4) is 0 Å². The zero-order chi connectivity index (χ0) is 48.0. The number of likely N-dealkylation sites (N-methyl/N-ethyl adjacent to an activating group) is 1. The van der Waals surface area contributed by atoms with E-state index in [0.717, 1.165) is 16.4 Å². The monoisotopic (exact) mass is 981 g/mol. The summed E-state index contributed by atoms with van der Waals surface area (Å²) < 4.78 is 81.8. The Bertz CT molecular complexity index is 2390. The Morgan fingerprint density at radius 3 is 2.50 bits per heavy atom. The molecule has 5 atom stereocenters. The maximum atomic E-state index is 14.6. The smallest absolute Gasteiger partial charge is 0.407 e. The molecule has 2 aromatic carbocycles. The lowest BCUT2D eigenvalue weighted by molar-refractivity contribution is -0.157. The first-order valence-corrected chi connectivity index (χ1v) is 24.8. The number of aromatic nitrogens is 2. The van der Waals surface area contributed by atoms with Crippen LogP contribution >= 0.6 is 11.3 Å². The summed E-state index contributed by atoms with van der Waals surface area (Å²) in [5.41, 5.74) is 2.38. The van der Waals surface area contributed by atoms with Gasteiger partial charge >= 0.3 is 12.1 Å². The van der Waals surface area contributed by atoms with E-state index in [9.17, 15) is 22.8 Å². The molecule has 0 aliphatic carbocycles. The number of nitrogens with one attached hydrogen (secondary N) is 1. The Labute approximate surface area is 400 Å². The molecule has 2 fully saturated rings. The highest BCUT2D eigenvalue weighted by Gasteiger charge is 2.44. The number of carbonyl (C=O) groups is 3. The number of amides is 2. The quantitative estimate of drug-likeness (QED) is 0.0713. The Morgan fingerprint density at radius 1 is 0.956 bits per heavy atom. The molecule has 0 saturated carbocycles. The van der Waals surface area contributed by atoms with Crippen molar-refractivity contribution in [3.63, 3.8) is 0 Å². The first-order valence-electron chi connectivity index (χ1n) is 22.5. The predicted molar refractivity (Wildman–Crippen MR) is 246 cm³/mol. The van der Waals surface area contributed by atoms with Crippen molar-refractivity contribution in [3.8, 4) is 17.2 Å². The van der Waals surface area contributed by atoms with Crippen molar-refractivity contribution in [3.05, 3.63) is 94.2 Å². The number of alkyl carbamates (subject to hydrolysis) is 1. The summed E-state index contributed by atoms with van der Waals surface area (Å²) in [7, 11) is -2.59. The SMILES string of the molecule is Cc1nc(COc2ccc(C[C@H](NC(=O)OC3CO[C@H]4OCC[C@@H]34)[C@@H](CN(CC(C)C)S(=O)(=O)c3ccc4c(c3)OCO4)OC(=O)COCCOCC(=O)N(C)CCc3ccccn3)cc2)cs1. The molecule has 21 heteroatoms. The van der Waals surface area contributed by atoms with Gasteiger partial charge in [-0.3, -0.25) is 9.78 Å². The number of pyridine rings is 1. The summed E-state index contributed by atoms with van der Waals surface area (Å²) >= 11 is 1.53. The largest absolute Gasteiger partial charge is 0.487 e. The minimum atomic E-state index is -4.27. The molecular formula is C47H59N5O14S2. The minimum absolute atomic E-state index is 0.00336. The van der Waals surface area contributed by atoms with Crippen molar-refractivity contribution in [1.29, 1.82) is 0 Å². The number of carbonyl (C=O) groups excluding carboxylic acids is 3. The molecular weight excluding hydrogens is 923 g/mol. The molecule has 4 aromatic rings. The van der Waals surface area contributed by atoms with Gasteiger partial charge in [0.1, 0.15) is 37.8 Å². The normalized spacial score (nSPS) is 18.3. The summed E-state index contributed by atoms with van der Waals surface area (Å²) in [6, 6.07) is 16.1. The molecule has 1 unspecified atom stereocenters. The lowest BCUT2D eigenvalue weighted by Crippen LogP contribution is -2.53. The van der Waals surface area contributed by atoms with Gasteiger partial charge in [-0.15, -0.1) is 11.3 Å². The second-order valence-electron chi connectivity index (χ2n) is 17.0. The molecule has 7 rings (SSSR count). The Hall–Kier alpha value is -5.42. The van der Waals surface area contributed by atoms with Crippen LogP contribution in [0.4, 0.5) is 4.79 Å². The fourth-order valence-corrected chi connectivity index (χ4v) is 9.99. The molecule has 19 nitrogen and oxygen atoms in total. The van der Waals surface area contributed by atoms with Gasteiger partial charge in [0.15, 0.2) is 17.8 Å². The van der Waals surface area contributed by atoms with E-state index in [1.54, 1.807) is 30.3 Å². The topological polar surface area (TPSA) is 213 Å². The lowest BCUT2D eigenvalue weighted by atomic mass is 10.0. The number of ether oxygens (including phenoxy) is 9. The van der Waals surface area contributed by atoms with Gasteiger partial charge < -0.3 is 52.8 Å². The van der Waals surface area contributed by atoms with E-state index in [0.29, 0.717) is 43.1 Å². The number of hydrogen-bond acceptors (Lipinski definition) is 17. The molecule has 68 heavy (non-hydrogen) atoms. The lowest BCUT2D eigenvalue weighted by Gasteiger charge is -2.33. The zero-order valence-electron chi connectivity index (χ0n) is 38.6. The van der Waals surface area contributed by atoms with Gasteiger partial charge in [0, 0.05) is 49.9 Å². The predicted octanol–water partition coefficient (Wildman–Crippen LogP) is 4.55. The van der Waals surface area contributed by atoms with Crippen molar-refractivity contribution in [2.45, 2.75) is 76.1 Å². The van der Waals surface area contributed by atoms with Crippen LogP contribution in [0.25, 0.3) is 0 Å². The molecule has 2 saturated heterocycles. The number of benzene rings is 2. The molecule has 3 aliphatic rings. The van der Waals surface area contributed by atoms with Crippen LogP contribution in [0.1, 0.15) is 42.2 Å². The number of aryl methyl sites for hydroxylation is 1. The summed E-state index contributed by atoms with van der Waals surface area (Å²) in [5, 5.41) is 5.78. The van der Waals surface area contributed by atoms with Crippen LogP contribution in [0, 0.1) is 18.8 Å². The standard InChI is InChI=1S/C47H59N5O14S2/c1-31(2)23-52(68(56,57)37-12-13-40-41(22-37)64-30-63-40)24-42(65-45(54)28-59-20-19-58-27-44(53)51(4)17-14-34-7-5-6-16-48-34)39(50-47(55)66-43-26-62-46-38(43)15-18-60-46)21-33-8-10-36(11-9-33)61-25-35-29-67-32(3)49-35/h5-13,16,22,29,31,38-39,42-43,46H,14-15,17-21,23-28,30H2,1-4H3,(H,50,55)/t38-,39-,42+,43?,46+/m0/s1. The van der Waals surface area contributed by atoms with E-state index >= 15 is 0 Å². The van der Waals surface area contributed by atoms with Gasteiger partial charge in [-0.2, -0.15) is 4.31 Å². The second-order valence-corrected chi connectivity index (χ2v) is 20.0. The maximum Gasteiger partial charge on any atom is 0.407 e. The molecule has 3 aliphatic heterocycles. The first-order chi connectivity index (χ1) is 32.8. The van der Waals surface area contributed by atoms with E-state index in [4.69, 9.17) is 42.6 Å². The third kappa shape index (κ3) is 14.3. The molecule has 2 amide bonds. The second kappa shape index (κ2) is 24.2. The third-order valence-corrected chi connectivity index (χ3v) is 14.0. The Kier molecular flexibility index (Phi) is 18.0. The fraction of sp³-hybridized carbons (Fsp3) is 0.511. The van der Waals surface area contributed by atoms with Crippen molar-refractivity contribution >= 4 is 39.3 Å². The van der Waals surface area contributed by atoms with E-state index < -0.39 is 53.2 Å². The van der Waals surface area contributed by atoms with Crippen LogP contribution in [-0.2, 0) is 67.5 Å². The minimum Gasteiger partial charge on any atom is -0.487 e. The van der Waals surface area contributed by atoms with Crippen molar-refractivity contribution < 1.29 is 65.4 Å². The van der Waals surface area contributed by atoms with Gasteiger partial charge in [0.05, 0.1) is 60.5 Å². The summed E-state index contributed by atoms with van der Waals surface area (Å²) in [6.45, 7) is 5.82. The summed E-state index contributed by atoms with van der Waals surface area (Å²) in [5.74, 6) is -0.122. The van der Waals surface area contributed by atoms with Gasteiger partial charge in [0.25, 0.3) is 0 Å². The fourth-order valence-electron chi connectivity index (χ4n) is 7.76. The van der Waals surface area contributed by atoms with E-state index in [2.05, 4.69) is 15.3 Å². The van der Waals surface area contributed by atoms with Crippen molar-refractivity contribution in [2.75, 3.05) is 73.1 Å². The number of rotatable bonds is 25. The molecule has 0 bridgehead atoms. The third-order valence-electron chi connectivity index (χ3n) is 11.3. The highest BCUT2D eigenvalue weighted by molar-refractivity contribution is 7.89. The van der Waals surface area contributed by atoms with Gasteiger partial charge in [-0.1, -0.05) is 32.0 Å². The molecule has 0 radical (unpaired) electrons. The molecule has 2 aromatic heterocycles. The number of esters is 1. The van der Waals surface area contributed by atoms with Crippen molar-refractivity contribution in [2.24, 2.45) is 11.8 Å². The van der Waals surface area contributed by atoms with E-state index in [1.807, 2.05) is 56.5 Å². The molecule has 1 N–H and O–H groups in total. The highest BCUT2D eigenvalue weighted by atomic mass is 32.2. The van der Waals surface area contributed by atoms with Crippen LogP contribution in [0.2, 0.25) is 0 Å². The molecule has 5 heterocycles. The average Bonchev–Trinajstić information content (AvgIpc) is 4.16. The van der Waals surface area contributed by atoms with Gasteiger partial charge in [-0.25, -0.2) is 23.0 Å². The highest BCUT2D eigenvalue weighted by Crippen LogP contribution is 2.36. The Balaban J connectivity index is 1.07. The van der Waals surface area contributed by atoms with Crippen LogP contribution in [-0.4, -0.2) is 143 Å². The number of hydrogen-bond donors (Lipinski definition) is 1. The van der Waals surface area contributed by atoms with E-state index in [-0.39, 0.29) is 87.7 Å². The number of nitrogens with zero attached hydrogens (tertiary/aromatic N) is 4. The molecule has 368 valence electrons. The van der Waals surface area contributed by atoms with Crippen LogP contribution < -0.4 is 19.5 Å². The maximum absolute atomic E-state index is 14.6. The Morgan fingerprint density at radius 2 is 1.75 bits per heavy atom. The number of sulfonamides is 1. The van der Waals surface area contributed by atoms with Gasteiger partial charge in [-0.05, 0) is 67.6 Å². The van der Waals surface area contributed by atoms with Gasteiger partial charge in [0.2, 0.25) is 22.7 Å². The number of thiazole rings is 1. The van der Waals surface area contributed by atoms with E-state index in [1.165, 1.54) is 33.8 Å².